The molecule has 7 heteroatoms. The van der Waals surface area contributed by atoms with Crippen LogP contribution in [0.3, 0.4) is 0 Å². The standard InChI is InChI=1S/C18H15N3O3S/c1-11(22)20-17-7-6-12(10-19-17)4-2-3-5-18-21-13-8-14(23)15(24)9-16(13)25-18/h2-10,23-24H,1H3,(H,19,20,22)/b4-2+,5-3+. The molecule has 0 saturated carbocycles. The molecule has 0 radical (unpaired) electrons. The van der Waals surface area contributed by atoms with Gasteiger partial charge in [0.2, 0.25) is 5.91 Å². The van der Waals surface area contributed by atoms with E-state index in [2.05, 4.69) is 15.3 Å². The third-order valence-electron chi connectivity index (χ3n) is 3.23. The van der Waals surface area contributed by atoms with Crippen molar-refractivity contribution in [2.75, 3.05) is 5.32 Å². The van der Waals surface area contributed by atoms with Crippen LogP contribution in [0.5, 0.6) is 11.5 Å². The number of fused-ring (bicyclic) bond motifs is 1. The third-order valence-corrected chi connectivity index (χ3v) is 4.21. The molecule has 3 aromatic rings. The summed E-state index contributed by atoms with van der Waals surface area (Å²) in [5.74, 6) is 0.0302. The molecule has 1 aromatic carbocycles. The number of rotatable bonds is 4. The normalized spacial score (nSPS) is 11.6. The molecular weight excluding hydrogens is 338 g/mol. The Morgan fingerprint density at radius 1 is 1.16 bits per heavy atom. The van der Waals surface area contributed by atoms with Crippen molar-refractivity contribution in [3.05, 3.63) is 53.2 Å². The van der Waals surface area contributed by atoms with Gasteiger partial charge in [0.05, 0.1) is 10.2 Å². The Bertz CT molecular complexity index is 936. The second-order valence-electron chi connectivity index (χ2n) is 5.24. The first-order valence-corrected chi connectivity index (χ1v) is 8.24. The Morgan fingerprint density at radius 2 is 1.92 bits per heavy atom. The zero-order valence-corrected chi connectivity index (χ0v) is 14.1. The van der Waals surface area contributed by atoms with Crippen LogP contribution in [0.25, 0.3) is 22.4 Å². The lowest BCUT2D eigenvalue weighted by Crippen LogP contribution is -2.06. The number of allylic oxidation sites excluding steroid dienone is 2. The Balaban J connectivity index is 1.68. The molecule has 0 aliphatic heterocycles. The molecule has 2 aromatic heterocycles. The Labute approximate surface area is 147 Å². The lowest BCUT2D eigenvalue weighted by Gasteiger charge is -2.00. The second-order valence-corrected chi connectivity index (χ2v) is 6.30. The number of phenolic OH excluding ortho intramolecular Hbond substituents is 2. The summed E-state index contributed by atoms with van der Waals surface area (Å²) in [5, 5.41) is 22.4. The Hall–Kier alpha value is -3.19. The summed E-state index contributed by atoms with van der Waals surface area (Å²) in [7, 11) is 0. The number of hydrogen-bond acceptors (Lipinski definition) is 6. The van der Waals surface area contributed by atoms with E-state index in [1.807, 2.05) is 30.4 Å². The smallest absolute Gasteiger partial charge is 0.222 e. The minimum Gasteiger partial charge on any atom is -0.504 e. The number of amides is 1. The van der Waals surface area contributed by atoms with Crippen LogP contribution in [0.4, 0.5) is 5.82 Å². The molecule has 0 fully saturated rings. The highest BCUT2D eigenvalue weighted by Gasteiger charge is 2.06. The van der Waals surface area contributed by atoms with Gasteiger partial charge in [-0.25, -0.2) is 9.97 Å². The molecule has 2 heterocycles. The summed E-state index contributed by atoms with van der Waals surface area (Å²) in [5.41, 5.74) is 1.54. The maximum atomic E-state index is 10.9. The fraction of sp³-hybridized carbons (Fsp3) is 0.0556. The molecule has 0 spiro atoms. The fourth-order valence-electron chi connectivity index (χ4n) is 2.10. The van der Waals surface area contributed by atoms with E-state index in [9.17, 15) is 15.0 Å². The Kier molecular flexibility index (Phi) is 4.76. The van der Waals surface area contributed by atoms with Crippen molar-refractivity contribution in [2.45, 2.75) is 6.92 Å². The number of benzene rings is 1. The van der Waals surface area contributed by atoms with Gasteiger partial charge in [-0.05, 0) is 23.8 Å². The van der Waals surface area contributed by atoms with Gasteiger partial charge in [-0.1, -0.05) is 18.2 Å². The van der Waals surface area contributed by atoms with Gasteiger partial charge in [-0.2, -0.15) is 0 Å². The van der Waals surface area contributed by atoms with E-state index in [4.69, 9.17) is 0 Å². The van der Waals surface area contributed by atoms with Gasteiger partial charge in [-0.15, -0.1) is 11.3 Å². The van der Waals surface area contributed by atoms with Crippen molar-refractivity contribution in [3.63, 3.8) is 0 Å². The summed E-state index contributed by atoms with van der Waals surface area (Å²) in [4.78, 5) is 19.4. The van der Waals surface area contributed by atoms with Gasteiger partial charge in [0, 0.05) is 25.3 Å². The SMILES string of the molecule is CC(=O)Nc1ccc(/C=C/C=C/c2nc3cc(O)c(O)cc3s2)cn1. The summed E-state index contributed by atoms with van der Waals surface area (Å²) in [6.07, 6.45) is 9.09. The lowest BCUT2D eigenvalue weighted by atomic mass is 10.2. The van der Waals surface area contributed by atoms with E-state index in [0.29, 0.717) is 11.3 Å². The number of carbonyl (C=O) groups is 1. The van der Waals surface area contributed by atoms with Gasteiger partial charge in [-0.3, -0.25) is 4.79 Å². The van der Waals surface area contributed by atoms with Crippen LogP contribution in [0.2, 0.25) is 0 Å². The quantitative estimate of drug-likeness (QED) is 0.490. The maximum Gasteiger partial charge on any atom is 0.222 e. The van der Waals surface area contributed by atoms with Crippen molar-refractivity contribution in [3.8, 4) is 11.5 Å². The van der Waals surface area contributed by atoms with E-state index < -0.39 is 0 Å². The average molecular weight is 353 g/mol. The van der Waals surface area contributed by atoms with Crippen LogP contribution >= 0.6 is 11.3 Å². The highest BCUT2D eigenvalue weighted by atomic mass is 32.1. The first-order chi connectivity index (χ1) is 12.0. The van der Waals surface area contributed by atoms with Crippen molar-refractivity contribution in [1.29, 1.82) is 0 Å². The van der Waals surface area contributed by atoms with Gasteiger partial charge in [0.1, 0.15) is 10.8 Å². The highest BCUT2D eigenvalue weighted by Crippen LogP contribution is 2.33. The zero-order valence-electron chi connectivity index (χ0n) is 13.3. The molecule has 0 aliphatic rings. The number of pyridine rings is 1. The first-order valence-electron chi connectivity index (χ1n) is 7.42. The largest absolute Gasteiger partial charge is 0.504 e. The minimum atomic E-state index is -0.177. The molecule has 25 heavy (non-hydrogen) atoms. The number of aromatic nitrogens is 2. The van der Waals surface area contributed by atoms with Crippen LogP contribution in [0.15, 0.2) is 42.6 Å². The predicted molar refractivity (Wildman–Crippen MR) is 99.6 cm³/mol. The number of nitrogens with zero attached hydrogens (tertiary/aromatic N) is 2. The Morgan fingerprint density at radius 3 is 2.64 bits per heavy atom. The number of hydrogen-bond donors (Lipinski definition) is 3. The van der Waals surface area contributed by atoms with Crippen molar-refractivity contribution < 1.29 is 15.0 Å². The number of phenols is 2. The summed E-state index contributed by atoms with van der Waals surface area (Å²) in [6.45, 7) is 1.44. The van der Waals surface area contributed by atoms with Gasteiger partial charge >= 0.3 is 0 Å². The number of nitrogens with one attached hydrogen (secondary N) is 1. The van der Waals surface area contributed by atoms with Crippen molar-refractivity contribution >= 4 is 45.4 Å². The van der Waals surface area contributed by atoms with E-state index in [-0.39, 0.29) is 17.4 Å². The molecular formula is C18H15N3O3S. The monoisotopic (exact) mass is 353 g/mol. The molecule has 0 aliphatic carbocycles. The van der Waals surface area contributed by atoms with Crippen molar-refractivity contribution in [2.24, 2.45) is 0 Å². The van der Waals surface area contributed by atoms with Gasteiger partial charge < -0.3 is 15.5 Å². The van der Waals surface area contributed by atoms with Crippen LogP contribution in [-0.4, -0.2) is 26.1 Å². The molecule has 6 nitrogen and oxygen atoms in total. The minimum absolute atomic E-state index is 0.151. The number of carbonyl (C=O) groups excluding carboxylic acids is 1. The second kappa shape index (κ2) is 7.14. The van der Waals surface area contributed by atoms with Gasteiger partial charge in [0.25, 0.3) is 0 Å². The third kappa shape index (κ3) is 4.21. The average Bonchev–Trinajstić information content (AvgIpc) is 2.94. The van der Waals surface area contributed by atoms with Crippen LogP contribution in [-0.2, 0) is 4.79 Å². The summed E-state index contributed by atoms with van der Waals surface area (Å²) in [6, 6.07) is 6.53. The van der Waals surface area contributed by atoms with E-state index in [1.54, 1.807) is 12.3 Å². The van der Waals surface area contributed by atoms with Crippen LogP contribution < -0.4 is 5.32 Å². The molecule has 3 N–H and O–H groups in total. The molecule has 3 rings (SSSR count). The molecule has 126 valence electrons. The van der Waals surface area contributed by atoms with Crippen LogP contribution in [0.1, 0.15) is 17.5 Å². The number of thiazole rings is 1. The van der Waals surface area contributed by atoms with E-state index >= 15 is 0 Å². The maximum absolute atomic E-state index is 10.9. The summed E-state index contributed by atoms with van der Waals surface area (Å²) < 4.78 is 0.802. The molecule has 1 amide bonds. The fourth-order valence-corrected chi connectivity index (χ4v) is 3.00. The lowest BCUT2D eigenvalue weighted by molar-refractivity contribution is -0.114. The summed E-state index contributed by atoms with van der Waals surface area (Å²) >= 11 is 1.42. The number of anilines is 1. The van der Waals surface area contributed by atoms with Crippen LogP contribution in [0, 0.1) is 0 Å². The molecule has 0 saturated heterocycles. The van der Waals surface area contributed by atoms with Crippen molar-refractivity contribution in [1.82, 2.24) is 9.97 Å². The van der Waals surface area contributed by atoms with E-state index in [1.165, 1.54) is 30.4 Å². The highest BCUT2D eigenvalue weighted by molar-refractivity contribution is 7.19. The molecule has 0 atom stereocenters. The zero-order chi connectivity index (χ0) is 17.8. The van der Waals surface area contributed by atoms with Gasteiger partial charge in [0.15, 0.2) is 11.5 Å². The topological polar surface area (TPSA) is 95.3 Å². The number of aromatic hydroxyl groups is 2. The predicted octanol–water partition coefficient (Wildman–Crippen LogP) is 3.79. The first kappa shape index (κ1) is 16.7. The van der Waals surface area contributed by atoms with E-state index in [0.717, 1.165) is 15.3 Å². The molecule has 0 bridgehead atoms. The molecule has 0 unspecified atom stereocenters.